The molecule has 1 aromatic rings. The second kappa shape index (κ2) is 4.35. The van der Waals surface area contributed by atoms with Gasteiger partial charge in [0.15, 0.2) is 0 Å². The fourth-order valence-corrected chi connectivity index (χ4v) is 2.70. The van der Waals surface area contributed by atoms with E-state index < -0.39 is 11.4 Å². The van der Waals surface area contributed by atoms with E-state index in [1.807, 2.05) is 31.1 Å². The molecular formula is C13H18N2O2. The van der Waals surface area contributed by atoms with Gasteiger partial charge in [0.2, 0.25) is 0 Å². The maximum Gasteiger partial charge on any atom is 0.314 e. The van der Waals surface area contributed by atoms with Crippen molar-refractivity contribution in [3.8, 4) is 0 Å². The molecule has 2 rings (SSSR count). The third-order valence-electron chi connectivity index (χ3n) is 3.59. The Morgan fingerprint density at radius 1 is 1.41 bits per heavy atom. The maximum absolute atomic E-state index is 11.7. The van der Waals surface area contributed by atoms with E-state index in [0.29, 0.717) is 0 Å². The van der Waals surface area contributed by atoms with E-state index in [4.69, 9.17) is 0 Å². The van der Waals surface area contributed by atoms with Crippen LogP contribution in [0.3, 0.4) is 0 Å². The van der Waals surface area contributed by atoms with Crippen LogP contribution in [0.1, 0.15) is 31.2 Å². The van der Waals surface area contributed by atoms with Crippen molar-refractivity contribution in [2.24, 2.45) is 0 Å². The minimum atomic E-state index is -0.728. The summed E-state index contributed by atoms with van der Waals surface area (Å²) in [6.07, 6.45) is 5.11. The molecule has 1 saturated carbocycles. The summed E-state index contributed by atoms with van der Waals surface area (Å²) in [6, 6.07) is 3.73. The summed E-state index contributed by atoms with van der Waals surface area (Å²) in [5.74, 6) is 0.0582. The topological polar surface area (TPSA) is 53.4 Å². The molecule has 0 aromatic carbocycles. The molecule has 0 unspecified atom stereocenters. The lowest BCUT2D eigenvalue weighted by atomic mass is 9.79. The lowest BCUT2D eigenvalue weighted by Gasteiger charge is -2.28. The second-order valence-corrected chi connectivity index (χ2v) is 4.86. The predicted octanol–water partition coefficient (Wildman–Crippen LogP) is 2.04. The van der Waals surface area contributed by atoms with Gasteiger partial charge >= 0.3 is 5.97 Å². The second-order valence-electron chi connectivity index (χ2n) is 4.86. The van der Waals surface area contributed by atoms with Gasteiger partial charge in [-0.15, -0.1) is 0 Å². The van der Waals surface area contributed by atoms with Gasteiger partial charge in [-0.1, -0.05) is 18.9 Å². The van der Waals surface area contributed by atoms with Crippen LogP contribution in [-0.4, -0.2) is 30.2 Å². The molecule has 0 amide bonds. The summed E-state index contributed by atoms with van der Waals surface area (Å²) in [5, 5.41) is 9.58. The van der Waals surface area contributed by atoms with E-state index in [2.05, 4.69) is 4.98 Å². The van der Waals surface area contributed by atoms with Crippen LogP contribution in [-0.2, 0) is 10.2 Å². The smallest absolute Gasteiger partial charge is 0.314 e. The molecule has 1 aliphatic carbocycles. The third kappa shape index (κ3) is 1.88. The van der Waals surface area contributed by atoms with Gasteiger partial charge in [0.25, 0.3) is 0 Å². The molecular weight excluding hydrogens is 216 g/mol. The van der Waals surface area contributed by atoms with E-state index in [9.17, 15) is 9.90 Å². The molecule has 1 N–H and O–H groups in total. The summed E-state index contributed by atoms with van der Waals surface area (Å²) in [4.78, 5) is 17.9. The minimum absolute atomic E-state index is 0.717. The number of carboxylic acid groups (broad SMARTS) is 1. The van der Waals surface area contributed by atoms with Gasteiger partial charge in [0.1, 0.15) is 5.82 Å². The van der Waals surface area contributed by atoms with Gasteiger partial charge in [-0.25, -0.2) is 4.98 Å². The summed E-state index contributed by atoms with van der Waals surface area (Å²) < 4.78 is 0. The molecule has 1 fully saturated rings. The van der Waals surface area contributed by atoms with Gasteiger partial charge in [0, 0.05) is 25.9 Å². The van der Waals surface area contributed by atoms with Crippen LogP contribution in [0.5, 0.6) is 0 Å². The summed E-state index contributed by atoms with van der Waals surface area (Å²) in [6.45, 7) is 0. The lowest BCUT2D eigenvalue weighted by Crippen LogP contribution is -2.34. The lowest BCUT2D eigenvalue weighted by molar-refractivity contribution is -0.143. The SMILES string of the molecule is CN(C)c1ncccc1C1(C(=O)O)CCCC1. The molecule has 17 heavy (non-hydrogen) atoms. The molecule has 0 aliphatic heterocycles. The third-order valence-corrected chi connectivity index (χ3v) is 3.59. The molecule has 0 saturated heterocycles. The van der Waals surface area contributed by atoms with Crippen LogP contribution in [0.15, 0.2) is 18.3 Å². The highest BCUT2D eigenvalue weighted by molar-refractivity contribution is 5.84. The zero-order valence-corrected chi connectivity index (χ0v) is 10.3. The Morgan fingerprint density at radius 3 is 2.59 bits per heavy atom. The molecule has 4 nitrogen and oxygen atoms in total. The van der Waals surface area contributed by atoms with E-state index in [1.54, 1.807) is 6.20 Å². The first-order valence-corrected chi connectivity index (χ1v) is 5.94. The van der Waals surface area contributed by atoms with Crippen LogP contribution in [0.4, 0.5) is 5.82 Å². The van der Waals surface area contributed by atoms with Crippen LogP contribution in [0.2, 0.25) is 0 Å². The minimum Gasteiger partial charge on any atom is -0.481 e. The number of aliphatic carboxylic acids is 1. The molecule has 1 aromatic heterocycles. The number of pyridine rings is 1. The molecule has 0 spiro atoms. The van der Waals surface area contributed by atoms with Crippen molar-refractivity contribution in [1.82, 2.24) is 4.98 Å². The van der Waals surface area contributed by atoms with Crippen molar-refractivity contribution < 1.29 is 9.90 Å². The highest BCUT2D eigenvalue weighted by Gasteiger charge is 2.44. The Bertz CT molecular complexity index is 423. The molecule has 92 valence electrons. The van der Waals surface area contributed by atoms with Crippen LogP contribution in [0.25, 0.3) is 0 Å². The van der Waals surface area contributed by atoms with E-state index in [0.717, 1.165) is 37.1 Å². The normalized spacial score (nSPS) is 18.0. The molecule has 0 bridgehead atoms. The number of aromatic nitrogens is 1. The van der Waals surface area contributed by atoms with Gasteiger partial charge < -0.3 is 10.0 Å². The zero-order valence-electron chi connectivity index (χ0n) is 10.3. The van der Waals surface area contributed by atoms with Crippen LogP contribution < -0.4 is 4.90 Å². The number of hydrogen-bond acceptors (Lipinski definition) is 3. The Kier molecular flexibility index (Phi) is 3.05. The number of hydrogen-bond donors (Lipinski definition) is 1. The number of nitrogens with zero attached hydrogens (tertiary/aromatic N) is 2. The first-order chi connectivity index (χ1) is 8.08. The van der Waals surface area contributed by atoms with Crippen molar-refractivity contribution >= 4 is 11.8 Å². The first kappa shape index (κ1) is 11.9. The van der Waals surface area contributed by atoms with Crippen molar-refractivity contribution in [1.29, 1.82) is 0 Å². The zero-order chi connectivity index (χ0) is 12.5. The number of rotatable bonds is 3. The average Bonchev–Trinajstić information content (AvgIpc) is 2.79. The van der Waals surface area contributed by atoms with Crippen molar-refractivity contribution in [2.45, 2.75) is 31.1 Å². The number of anilines is 1. The Morgan fingerprint density at radius 2 is 2.06 bits per heavy atom. The quantitative estimate of drug-likeness (QED) is 0.869. The highest BCUT2D eigenvalue weighted by Crippen LogP contribution is 2.44. The van der Waals surface area contributed by atoms with E-state index in [-0.39, 0.29) is 0 Å². The molecule has 1 aliphatic rings. The van der Waals surface area contributed by atoms with Gasteiger partial charge in [-0.05, 0) is 18.9 Å². The predicted molar refractivity (Wildman–Crippen MR) is 66.3 cm³/mol. The van der Waals surface area contributed by atoms with E-state index in [1.165, 1.54) is 0 Å². The summed E-state index contributed by atoms with van der Waals surface area (Å²) in [7, 11) is 3.80. The number of carbonyl (C=O) groups is 1. The number of carboxylic acids is 1. The van der Waals surface area contributed by atoms with Gasteiger partial charge in [0.05, 0.1) is 5.41 Å². The van der Waals surface area contributed by atoms with Crippen LogP contribution in [0, 0.1) is 0 Å². The maximum atomic E-state index is 11.7. The fraction of sp³-hybridized carbons (Fsp3) is 0.538. The van der Waals surface area contributed by atoms with Gasteiger partial charge in [-0.2, -0.15) is 0 Å². The summed E-state index contributed by atoms with van der Waals surface area (Å²) >= 11 is 0. The monoisotopic (exact) mass is 234 g/mol. The van der Waals surface area contributed by atoms with Crippen LogP contribution >= 0.6 is 0 Å². The van der Waals surface area contributed by atoms with Crippen molar-refractivity contribution in [3.63, 3.8) is 0 Å². The Hall–Kier alpha value is -1.58. The molecule has 0 radical (unpaired) electrons. The fourth-order valence-electron chi connectivity index (χ4n) is 2.70. The van der Waals surface area contributed by atoms with E-state index >= 15 is 0 Å². The van der Waals surface area contributed by atoms with Crippen molar-refractivity contribution in [2.75, 3.05) is 19.0 Å². The largest absolute Gasteiger partial charge is 0.481 e. The Balaban J connectivity index is 2.54. The first-order valence-electron chi connectivity index (χ1n) is 5.94. The summed E-state index contributed by atoms with van der Waals surface area (Å²) in [5.41, 5.74) is 0.128. The van der Waals surface area contributed by atoms with Gasteiger partial charge in [-0.3, -0.25) is 4.79 Å². The standard InChI is InChI=1S/C13H18N2O2/c1-15(2)11-10(6-5-9-14-11)13(12(16)17)7-3-4-8-13/h5-6,9H,3-4,7-8H2,1-2H3,(H,16,17). The molecule has 4 heteroatoms. The Labute approximate surface area is 101 Å². The molecule has 1 heterocycles. The highest BCUT2D eigenvalue weighted by atomic mass is 16.4. The average molecular weight is 234 g/mol. The van der Waals surface area contributed by atoms with Crippen molar-refractivity contribution in [3.05, 3.63) is 23.9 Å². The molecule has 0 atom stereocenters.